The van der Waals surface area contributed by atoms with Crippen molar-refractivity contribution in [1.82, 2.24) is 24.4 Å². The number of primary amides is 1. The number of hydrogen-bond acceptors (Lipinski definition) is 6. The Labute approximate surface area is 101 Å². The third-order valence-corrected chi connectivity index (χ3v) is 2.21. The third kappa shape index (κ3) is 2.07. The number of amides is 1. The minimum atomic E-state index is -0.758. The Hall–Kier alpha value is -2.29. The van der Waals surface area contributed by atoms with Gasteiger partial charge in [-0.2, -0.15) is 4.68 Å². The normalized spacial score (nSPS) is 10.9. The molecule has 0 radical (unpaired) electrons. The van der Waals surface area contributed by atoms with Gasteiger partial charge in [0.05, 0.1) is 0 Å². The number of aromatic nitrogens is 5. The first-order chi connectivity index (χ1) is 8.65. The number of fused-ring (bicyclic) bond motifs is 1. The van der Waals surface area contributed by atoms with Gasteiger partial charge in [-0.05, 0) is 6.42 Å². The lowest BCUT2D eigenvalue weighted by molar-refractivity contribution is 0.0624. The summed E-state index contributed by atoms with van der Waals surface area (Å²) in [5, 5.41) is 7.39. The van der Waals surface area contributed by atoms with Crippen molar-refractivity contribution in [3.8, 4) is 0 Å². The average Bonchev–Trinajstić information content (AvgIpc) is 2.77. The molecular weight excluding hydrogens is 240 g/mol. The van der Waals surface area contributed by atoms with E-state index in [1.807, 2.05) is 6.92 Å². The van der Waals surface area contributed by atoms with Crippen molar-refractivity contribution in [2.24, 2.45) is 5.73 Å². The van der Waals surface area contributed by atoms with Crippen LogP contribution in [0, 0.1) is 0 Å². The second kappa shape index (κ2) is 4.92. The molecule has 0 fully saturated rings. The first kappa shape index (κ1) is 12.2. The Morgan fingerprint density at radius 3 is 3.00 bits per heavy atom. The van der Waals surface area contributed by atoms with E-state index in [1.165, 1.54) is 6.33 Å². The summed E-state index contributed by atoms with van der Waals surface area (Å²) in [5.41, 5.74) is 4.56. The van der Waals surface area contributed by atoms with Crippen LogP contribution in [0.5, 0.6) is 0 Å². The second-order valence-corrected chi connectivity index (χ2v) is 3.56. The van der Waals surface area contributed by atoms with Gasteiger partial charge in [-0.25, -0.2) is 14.2 Å². The Morgan fingerprint density at radius 1 is 1.56 bits per heavy atom. The molecule has 0 bridgehead atoms. The van der Waals surface area contributed by atoms with Crippen LogP contribution >= 0.6 is 0 Å². The van der Waals surface area contributed by atoms with Crippen LogP contribution in [0.2, 0.25) is 0 Å². The molecule has 0 aliphatic heterocycles. The van der Waals surface area contributed by atoms with Gasteiger partial charge in [-0.3, -0.25) is 4.79 Å². The Morgan fingerprint density at radius 2 is 2.33 bits per heavy atom. The number of nitrogens with two attached hydrogens (primary N) is 1. The van der Waals surface area contributed by atoms with Crippen molar-refractivity contribution >= 4 is 11.6 Å². The molecule has 96 valence electrons. The largest absolute Gasteiger partial charge is 0.364 e. The highest BCUT2D eigenvalue weighted by Crippen LogP contribution is 2.00. The number of ether oxygens (including phenoxy) is 1. The molecule has 2 N–H and O–H groups in total. The highest BCUT2D eigenvalue weighted by atomic mass is 16.5. The molecule has 0 spiro atoms. The molecule has 0 aromatic carbocycles. The van der Waals surface area contributed by atoms with Crippen LogP contribution in [0.3, 0.4) is 0 Å². The maximum absolute atomic E-state index is 11.9. The van der Waals surface area contributed by atoms with Crippen LogP contribution in [-0.2, 0) is 11.5 Å². The molecule has 1 amide bonds. The van der Waals surface area contributed by atoms with Crippen LogP contribution in [0.1, 0.15) is 23.8 Å². The summed E-state index contributed by atoms with van der Waals surface area (Å²) >= 11 is 0. The zero-order valence-electron chi connectivity index (χ0n) is 9.74. The Balaban J connectivity index is 2.40. The minimum Gasteiger partial charge on any atom is -0.364 e. The highest BCUT2D eigenvalue weighted by molar-refractivity contribution is 5.96. The van der Waals surface area contributed by atoms with Crippen molar-refractivity contribution in [1.29, 1.82) is 0 Å². The van der Waals surface area contributed by atoms with Crippen LogP contribution < -0.4 is 11.4 Å². The van der Waals surface area contributed by atoms with E-state index in [9.17, 15) is 9.59 Å². The lowest BCUT2D eigenvalue weighted by atomic mass is 10.4. The molecule has 0 aliphatic carbocycles. The predicted octanol–water partition coefficient (Wildman–Crippen LogP) is -1.23. The van der Waals surface area contributed by atoms with Crippen LogP contribution in [0.4, 0.5) is 0 Å². The van der Waals surface area contributed by atoms with Crippen molar-refractivity contribution in [3.63, 3.8) is 0 Å². The molecular formula is C9H12N6O3. The molecule has 18 heavy (non-hydrogen) atoms. The van der Waals surface area contributed by atoms with E-state index in [0.717, 1.165) is 15.5 Å². The van der Waals surface area contributed by atoms with Gasteiger partial charge in [0.15, 0.2) is 11.3 Å². The van der Waals surface area contributed by atoms with Crippen LogP contribution in [0.25, 0.3) is 5.65 Å². The molecule has 0 atom stereocenters. The molecule has 2 aromatic rings. The standard InChI is InChI=1S/C9H12N6O3/c1-2-3-18-5-15-9(17)14-4-11-6(7(10)16)8(14)12-13-15/h4H,2-3,5H2,1H3,(H2,10,16). The third-order valence-electron chi connectivity index (χ3n) is 2.21. The molecule has 2 rings (SSSR count). The first-order valence-corrected chi connectivity index (χ1v) is 5.33. The summed E-state index contributed by atoms with van der Waals surface area (Å²) in [6.45, 7) is 2.47. The summed E-state index contributed by atoms with van der Waals surface area (Å²) in [6, 6.07) is 0. The van der Waals surface area contributed by atoms with E-state index in [0.29, 0.717) is 6.61 Å². The zero-order valence-corrected chi connectivity index (χ0v) is 9.74. The SMILES string of the molecule is CCCOCn1nnc2c(C(N)=O)ncn2c1=O. The molecule has 9 heteroatoms. The molecule has 2 aromatic heterocycles. The number of rotatable bonds is 5. The number of carbonyl (C=O) groups is 1. The average molecular weight is 252 g/mol. The first-order valence-electron chi connectivity index (χ1n) is 5.33. The lowest BCUT2D eigenvalue weighted by Gasteiger charge is -2.04. The summed E-state index contributed by atoms with van der Waals surface area (Å²) in [4.78, 5) is 26.7. The van der Waals surface area contributed by atoms with E-state index in [4.69, 9.17) is 10.5 Å². The van der Waals surface area contributed by atoms with E-state index < -0.39 is 11.6 Å². The maximum Gasteiger partial charge on any atom is 0.355 e. The van der Waals surface area contributed by atoms with Gasteiger partial charge in [0, 0.05) is 6.61 Å². The van der Waals surface area contributed by atoms with E-state index >= 15 is 0 Å². The summed E-state index contributed by atoms with van der Waals surface area (Å²) in [6.07, 6.45) is 2.02. The molecule has 0 unspecified atom stereocenters. The van der Waals surface area contributed by atoms with E-state index in [2.05, 4.69) is 15.3 Å². The van der Waals surface area contributed by atoms with Crippen LogP contribution in [0.15, 0.2) is 11.1 Å². The number of hydrogen-bond donors (Lipinski definition) is 1. The van der Waals surface area contributed by atoms with Gasteiger partial charge in [-0.15, -0.1) is 5.10 Å². The van der Waals surface area contributed by atoms with Crippen LogP contribution in [-0.4, -0.2) is 36.9 Å². The number of nitrogens with zero attached hydrogens (tertiary/aromatic N) is 5. The van der Waals surface area contributed by atoms with Gasteiger partial charge in [0.2, 0.25) is 0 Å². The number of imidazole rings is 1. The fraction of sp³-hybridized carbons (Fsp3) is 0.444. The summed E-state index contributed by atoms with van der Waals surface area (Å²) < 4.78 is 7.32. The van der Waals surface area contributed by atoms with Crippen molar-refractivity contribution in [2.45, 2.75) is 20.1 Å². The Bertz CT molecular complexity index is 631. The quantitative estimate of drug-likeness (QED) is 0.666. The minimum absolute atomic E-state index is 0.000300. The lowest BCUT2D eigenvalue weighted by Crippen LogP contribution is -2.31. The molecule has 0 aliphatic rings. The Kier molecular flexibility index (Phi) is 3.33. The highest BCUT2D eigenvalue weighted by Gasteiger charge is 2.14. The molecule has 9 nitrogen and oxygen atoms in total. The van der Waals surface area contributed by atoms with Gasteiger partial charge in [-0.1, -0.05) is 12.1 Å². The van der Waals surface area contributed by atoms with Gasteiger partial charge in [0.1, 0.15) is 13.1 Å². The monoisotopic (exact) mass is 252 g/mol. The summed E-state index contributed by atoms with van der Waals surface area (Å²) in [7, 11) is 0. The van der Waals surface area contributed by atoms with Gasteiger partial charge >= 0.3 is 5.69 Å². The fourth-order valence-electron chi connectivity index (χ4n) is 1.39. The molecule has 0 saturated heterocycles. The van der Waals surface area contributed by atoms with Crippen molar-refractivity contribution in [2.75, 3.05) is 6.61 Å². The second-order valence-electron chi connectivity index (χ2n) is 3.56. The molecule has 2 heterocycles. The smallest absolute Gasteiger partial charge is 0.355 e. The predicted molar refractivity (Wildman–Crippen MR) is 59.8 cm³/mol. The maximum atomic E-state index is 11.9. The van der Waals surface area contributed by atoms with Crippen molar-refractivity contribution in [3.05, 3.63) is 22.5 Å². The molecule has 0 saturated carbocycles. The summed E-state index contributed by atoms with van der Waals surface area (Å²) in [5.74, 6) is -0.758. The van der Waals surface area contributed by atoms with Gasteiger partial charge in [0.25, 0.3) is 5.91 Å². The van der Waals surface area contributed by atoms with Gasteiger partial charge < -0.3 is 10.5 Å². The zero-order chi connectivity index (χ0) is 13.1. The van der Waals surface area contributed by atoms with E-state index in [1.54, 1.807) is 0 Å². The van der Waals surface area contributed by atoms with E-state index in [-0.39, 0.29) is 18.1 Å². The topological polar surface area (TPSA) is 117 Å². The fourth-order valence-corrected chi connectivity index (χ4v) is 1.39. The number of carbonyl (C=O) groups excluding carboxylic acids is 1. The van der Waals surface area contributed by atoms with Crippen molar-refractivity contribution < 1.29 is 9.53 Å².